The predicted octanol–water partition coefficient (Wildman–Crippen LogP) is 1.87. The Balaban J connectivity index is 1.93. The first-order chi connectivity index (χ1) is 11.4. The van der Waals surface area contributed by atoms with Gasteiger partial charge in [-0.15, -0.1) is 0 Å². The second kappa shape index (κ2) is 5.93. The zero-order chi connectivity index (χ0) is 17.4. The zero-order valence-electron chi connectivity index (χ0n) is 13.0. The molecular formula is C17H17N3O4. The summed E-state index contributed by atoms with van der Waals surface area (Å²) in [6, 6.07) is 9.72. The number of aliphatic hydroxyl groups is 1. The largest absolute Gasteiger partial charge is 0.393 e. The molecule has 3 rings (SSSR count). The third-order valence-electron chi connectivity index (χ3n) is 4.23. The molecule has 1 aliphatic carbocycles. The van der Waals surface area contributed by atoms with Gasteiger partial charge in [-0.25, -0.2) is 0 Å². The first kappa shape index (κ1) is 15.9. The Kier molecular flexibility index (Phi) is 3.94. The molecule has 0 fully saturated rings. The number of nitro benzene ring substituents is 1. The van der Waals surface area contributed by atoms with Crippen molar-refractivity contribution in [3.05, 3.63) is 68.8 Å². The van der Waals surface area contributed by atoms with E-state index < -0.39 is 23.0 Å². The molecule has 24 heavy (non-hydrogen) atoms. The van der Waals surface area contributed by atoms with Crippen LogP contribution in [0.25, 0.3) is 0 Å². The number of nitrogen functional groups attached to an aromatic ring is 1. The van der Waals surface area contributed by atoms with E-state index in [0.29, 0.717) is 12.0 Å². The number of benzene rings is 2. The minimum atomic E-state index is -0.743. The van der Waals surface area contributed by atoms with Crippen molar-refractivity contribution in [3.63, 3.8) is 0 Å². The summed E-state index contributed by atoms with van der Waals surface area (Å²) in [6.07, 6.45) is -0.294. The minimum absolute atomic E-state index is 0.0401. The molecule has 0 bridgehead atoms. The maximum Gasteiger partial charge on any atom is 0.293 e. The molecule has 0 spiro atoms. The molecule has 1 aliphatic rings. The Labute approximate surface area is 138 Å². The fourth-order valence-corrected chi connectivity index (χ4v) is 3.08. The van der Waals surface area contributed by atoms with Crippen LogP contribution in [0.15, 0.2) is 36.4 Å². The van der Waals surface area contributed by atoms with Crippen molar-refractivity contribution in [2.24, 2.45) is 0 Å². The van der Waals surface area contributed by atoms with E-state index in [9.17, 15) is 20.0 Å². The quantitative estimate of drug-likeness (QED) is 0.452. The maximum absolute atomic E-state index is 12.6. The van der Waals surface area contributed by atoms with Crippen molar-refractivity contribution >= 4 is 17.3 Å². The fraction of sp³-hybridized carbons (Fsp3) is 0.235. The van der Waals surface area contributed by atoms with E-state index in [1.807, 2.05) is 24.3 Å². The fourth-order valence-electron chi connectivity index (χ4n) is 3.08. The number of amides is 1. The summed E-state index contributed by atoms with van der Waals surface area (Å²) in [7, 11) is 0. The standard InChI is InChI=1S/C17H17N3O4/c1-9-6-12(15(18)13(7-9)20(23)24)17(22)19-16-11-5-3-2-4-10(11)8-14(16)21/h2-7,14,16,21H,8,18H2,1H3,(H,19,22)/t14-,16+/m1/s1. The van der Waals surface area contributed by atoms with Gasteiger partial charge in [0.2, 0.25) is 0 Å². The molecule has 7 nitrogen and oxygen atoms in total. The van der Waals surface area contributed by atoms with Crippen LogP contribution < -0.4 is 11.1 Å². The van der Waals surface area contributed by atoms with E-state index in [-0.39, 0.29) is 16.9 Å². The molecule has 0 unspecified atom stereocenters. The summed E-state index contributed by atoms with van der Waals surface area (Å²) in [5.41, 5.74) is 7.74. The highest BCUT2D eigenvalue weighted by Crippen LogP contribution is 2.33. The molecule has 0 radical (unpaired) electrons. The van der Waals surface area contributed by atoms with E-state index >= 15 is 0 Å². The summed E-state index contributed by atoms with van der Waals surface area (Å²) in [5.74, 6) is -0.542. The van der Waals surface area contributed by atoms with Gasteiger partial charge < -0.3 is 16.2 Å². The van der Waals surface area contributed by atoms with Crippen LogP contribution in [0.3, 0.4) is 0 Å². The number of nitrogens with one attached hydrogen (secondary N) is 1. The van der Waals surface area contributed by atoms with Crippen LogP contribution in [0.5, 0.6) is 0 Å². The topological polar surface area (TPSA) is 118 Å². The maximum atomic E-state index is 12.6. The summed E-state index contributed by atoms with van der Waals surface area (Å²) in [5, 5.41) is 24.0. The van der Waals surface area contributed by atoms with Crippen LogP contribution in [0.1, 0.15) is 33.1 Å². The molecule has 124 valence electrons. The summed E-state index contributed by atoms with van der Waals surface area (Å²) in [6.45, 7) is 1.66. The van der Waals surface area contributed by atoms with Crippen molar-refractivity contribution in [1.29, 1.82) is 0 Å². The first-order valence-electron chi connectivity index (χ1n) is 7.49. The molecule has 2 aromatic carbocycles. The van der Waals surface area contributed by atoms with E-state index in [4.69, 9.17) is 5.73 Å². The molecule has 0 aliphatic heterocycles. The SMILES string of the molecule is Cc1cc(C(=O)N[C@H]2c3ccccc3C[C@H]2O)c(N)c([N+](=O)[O-])c1. The number of hydrogen-bond donors (Lipinski definition) is 3. The Bertz CT molecular complexity index is 835. The highest BCUT2D eigenvalue weighted by molar-refractivity contribution is 6.01. The van der Waals surface area contributed by atoms with Crippen molar-refractivity contribution in [2.75, 3.05) is 5.73 Å². The molecule has 0 saturated carbocycles. The Morgan fingerprint density at radius 3 is 2.79 bits per heavy atom. The molecular weight excluding hydrogens is 310 g/mol. The zero-order valence-corrected chi connectivity index (χ0v) is 13.0. The number of rotatable bonds is 3. The molecule has 2 atom stereocenters. The molecule has 0 saturated heterocycles. The van der Waals surface area contributed by atoms with Crippen LogP contribution in [0, 0.1) is 17.0 Å². The summed E-state index contributed by atoms with van der Waals surface area (Å²) < 4.78 is 0. The van der Waals surface area contributed by atoms with Gasteiger partial charge in [0.05, 0.1) is 22.6 Å². The van der Waals surface area contributed by atoms with Crippen molar-refractivity contribution in [1.82, 2.24) is 5.32 Å². The monoisotopic (exact) mass is 327 g/mol. The van der Waals surface area contributed by atoms with Crippen LogP contribution in [-0.2, 0) is 6.42 Å². The molecule has 1 amide bonds. The van der Waals surface area contributed by atoms with Crippen molar-refractivity contribution in [3.8, 4) is 0 Å². The number of hydrogen-bond acceptors (Lipinski definition) is 5. The average Bonchev–Trinajstić information content (AvgIpc) is 2.85. The van der Waals surface area contributed by atoms with Crippen molar-refractivity contribution in [2.45, 2.75) is 25.5 Å². The lowest BCUT2D eigenvalue weighted by molar-refractivity contribution is -0.384. The summed E-state index contributed by atoms with van der Waals surface area (Å²) in [4.78, 5) is 23.0. The number of aryl methyl sites for hydroxylation is 1. The Morgan fingerprint density at radius 2 is 2.08 bits per heavy atom. The van der Waals surface area contributed by atoms with Gasteiger partial charge in [0, 0.05) is 12.5 Å². The van der Waals surface area contributed by atoms with E-state index in [1.54, 1.807) is 6.92 Å². The smallest absolute Gasteiger partial charge is 0.293 e. The molecule has 4 N–H and O–H groups in total. The molecule has 0 aromatic heterocycles. The highest BCUT2D eigenvalue weighted by Gasteiger charge is 2.33. The average molecular weight is 327 g/mol. The second-order valence-electron chi connectivity index (χ2n) is 5.92. The third kappa shape index (κ3) is 2.69. The van der Waals surface area contributed by atoms with Crippen LogP contribution in [0.4, 0.5) is 11.4 Å². The van der Waals surface area contributed by atoms with E-state index in [0.717, 1.165) is 11.1 Å². The van der Waals surface area contributed by atoms with E-state index in [2.05, 4.69) is 5.32 Å². The molecule has 7 heteroatoms. The van der Waals surface area contributed by atoms with Crippen molar-refractivity contribution < 1.29 is 14.8 Å². The Morgan fingerprint density at radius 1 is 1.38 bits per heavy atom. The van der Waals surface area contributed by atoms with Gasteiger partial charge in [-0.3, -0.25) is 14.9 Å². The lowest BCUT2D eigenvalue weighted by Crippen LogP contribution is -2.34. The van der Waals surface area contributed by atoms with Gasteiger partial charge in [0.15, 0.2) is 0 Å². The minimum Gasteiger partial charge on any atom is -0.393 e. The number of nitrogens with zero attached hydrogens (tertiary/aromatic N) is 1. The van der Waals surface area contributed by atoms with Gasteiger partial charge >= 0.3 is 0 Å². The number of anilines is 1. The number of aliphatic hydroxyl groups excluding tert-OH is 1. The first-order valence-corrected chi connectivity index (χ1v) is 7.49. The number of carbonyl (C=O) groups excluding carboxylic acids is 1. The van der Waals surface area contributed by atoms with Crippen LogP contribution in [0.2, 0.25) is 0 Å². The number of fused-ring (bicyclic) bond motifs is 1. The normalized spacial score (nSPS) is 18.9. The Hall–Kier alpha value is -2.93. The van der Waals surface area contributed by atoms with Gasteiger partial charge in [0.1, 0.15) is 5.69 Å². The van der Waals surface area contributed by atoms with Gasteiger partial charge in [0.25, 0.3) is 11.6 Å². The van der Waals surface area contributed by atoms with Gasteiger partial charge in [-0.05, 0) is 29.7 Å². The van der Waals surface area contributed by atoms with Gasteiger partial charge in [-0.1, -0.05) is 24.3 Å². The third-order valence-corrected chi connectivity index (χ3v) is 4.23. The lowest BCUT2D eigenvalue weighted by Gasteiger charge is -2.18. The lowest BCUT2D eigenvalue weighted by atomic mass is 10.0. The highest BCUT2D eigenvalue weighted by atomic mass is 16.6. The number of nitrogens with two attached hydrogens (primary N) is 1. The van der Waals surface area contributed by atoms with Gasteiger partial charge in [-0.2, -0.15) is 0 Å². The number of carbonyl (C=O) groups is 1. The summed E-state index contributed by atoms with van der Waals surface area (Å²) >= 11 is 0. The van der Waals surface area contributed by atoms with E-state index in [1.165, 1.54) is 12.1 Å². The molecule has 2 aromatic rings. The second-order valence-corrected chi connectivity index (χ2v) is 5.92. The number of nitro groups is 1. The van der Waals surface area contributed by atoms with Crippen LogP contribution in [-0.4, -0.2) is 22.0 Å². The van der Waals surface area contributed by atoms with Crippen LogP contribution >= 0.6 is 0 Å². The molecule has 0 heterocycles. The predicted molar refractivity (Wildman–Crippen MR) is 88.6 cm³/mol.